The third-order valence-corrected chi connectivity index (χ3v) is 5.71. The van der Waals surface area contributed by atoms with Crippen LogP contribution in [0.3, 0.4) is 0 Å². The highest BCUT2D eigenvalue weighted by atomic mass is 19.1. The summed E-state index contributed by atoms with van der Waals surface area (Å²) in [4.78, 5) is 11.5. The number of fused-ring (bicyclic) bond motifs is 1. The molecule has 1 aliphatic rings. The Morgan fingerprint density at radius 1 is 1.06 bits per heavy atom. The number of halogens is 3. The van der Waals surface area contributed by atoms with Crippen LogP contribution in [0.5, 0.6) is 0 Å². The van der Waals surface area contributed by atoms with Crippen LogP contribution in [0.2, 0.25) is 0 Å². The lowest BCUT2D eigenvalue weighted by Gasteiger charge is -2.35. The number of benzene rings is 2. The number of nitrogens with zero attached hydrogens (tertiary/aromatic N) is 4. The Kier molecular flexibility index (Phi) is 6.17. The molecule has 1 aliphatic heterocycles. The van der Waals surface area contributed by atoms with Crippen molar-refractivity contribution < 1.29 is 13.2 Å². The van der Waals surface area contributed by atoms with Crippen LogP contribution in [0.15, 0.2) is 36.4 Å². The number of anilines is 2. The zero-order valence-corrected chi connectivity index (χ0v) is 17.9. The standard InChI is InChI=1S/C24H24F3N5/c1-14(2)29-23-24(31-21-11-15(13-28)3-6-20(21)30-23)32-9-7-16(8-10-32)22(27)18-5-4-17(25)12-19(18)26/h3-6,11-12,14,16,22H,7-10H2,1-2H3,(H,29,30)/t22-/m0/s1. The maximum atomic E-state index is 15.0. The van der Waals surface area contributed by atoms with E-state index in [0.717, 1.165) is 12.1 Å². The summed E-state index contributed by atoms with van der Waals surface area (Å²) >= 11 is 0. The average Bonchev–Trinajstić information content (AvgIpc) is 2.77. The normalized spacial score (nSPS) is 15.7. The summed E-state index contributed by atoms with van der Waals surface area (Å²) in [6.07, 6.45) is -0.499. The van der Waals surface area contributed by atoms with Crippen molar-refractivity contribution in [1.82, 2.24) is 9.97 Å². The van der Waals surface area contributed by atoms with Crippen LogP contribution in [0.1, 0.15) is 44.0 Å². The maximum Gasteiger partial charge on any atom is 0.172 e. The first kappa shape index (κ1) is 21.9. The van der Waals surface area contributed by atoms with Crippen LogP contribution < -0.4 is 10.2 Å². The van der Waals surface area contributed by atoms with Crippen molar-refractivity contribution in [3.63, 3.8) is 0 Å². The Bertz CT molecular complexity index is 1170. The molecule has 166 valence electrons. The minimum atomic E-state index is -1.49. The first-order chi connectivity index (χ1) is 15.4. The molecule has 1 atom stereocenters. The Labute approximate surface area is 184 Å². The molecule has 0 bridgehead atoms. The monoisotopic (exact) mass is 439 g/mol. The van der Waals surface area contributed by atoms with Crippen LogP contribution in [0.4, 0.5) is 24.8 Å². The number of aromatic nitrogens is 2. The Morgan fingerprint density at radius 3 is 2.47 bits per heavy atom. The molecule has 0 spiro atoms. The fraction of sp³-hybridized carbons (Fsp3) is 0.375. The number of piperidine rings is 1. The number of nitrogens with one attached hydrogen (secondary N) is 1. The van der Waals surface area contributed by atoms with E-state index in [-0.39, 0.29) is 17.5 Å². The SMILES string of the molecule is CC(C)Nc1nc2ccc(C#N)cc2nc1N1CCC([C@H](F)c2ccc(F)cc2F)CC1. The molecule has 0 unspecified atom stereocenters. The molecule has 0 aliphatic carbocycles. The summed E-state index contributed by atoms with van der Waals surface area (Å²) in [6.45, 7) is 5.06. The third-order valence-electron chi connectivity index (χ3n) is 5.71. The van der Waals surface area contributed by atoms with Gasteiger partial charge in [0.05, 0.1) is 22.7 Å². The summed E-state index contributed by atoms with van der Waals surface area (Å²) in [5, 5.41) is 12.5. The zero-order valence-electron chi connectivity index (χ0n) is 17.9. The van der Waals surface area contributed by atoms with Gasteiger partial charge in [-0.15, -0.1) is 0 Å². The molecule has 1 saturated heterocycles. The molecule has 2 aromatic carbocycles. The van der Waals surface area contributed by atoms with Gasteiger partial charge in [-0.3, -0.25) is 0 Å². The Morgan fingerprint density at radius 2 is 1.81 bits per heavy atom. The fourth-order valence-electron chi connectivity index (χ4n) is 4.09. The van der Waals surface area contributed by atoms with Crippen LogP contribution in [0.25, 0.3) is 11.0 Å². The van der Waals surface area contributed by atoms with Gasteiger partial charge >= 0.3 is 0 Å². The van der Waals surface area contributed by atoms with Crippen molar-refractivity contribution in [3.05, 3.63) is 59.2 Å². The van der Waals surface area contributed by atoms with E-state index in [4.69, 9.17) is 9.97 Å². The summed E-state index contributed by atoms with van der Waals surface area (Å²) in [7, 11) is 0. The molecule has 32 heavy (non-hydrogen) atoms. The molecule has 4 rings (SSSR count). The van der Waals surface area contributed by atoms with Gasteiger partial charge in [0, 0.05) is 30.8 Å². The largest absolute Gasteiger partial charge is 0.365 e. The lowest BCUT2D eigenvalue weighted by molar-refractivity contribution is 0.193. The highest BCUT2D eigenvalue weighted by Crippen LogP contribution is 2.37. The van der Waals surface area contributed by atoms with Gasteiger partial charge in [-0.2, -0.15) is 5.26 Å². The van der Waals surface area contributed by atoms with Crippen molar-refractivity contribution >= 4 is 22.7 Å². The van der Waals surface area contributed by atoms with Crippen molar-refractivity contribution in [2.45, 2.75) is 38.9 Å². The van der Waals surface area contributed by atoms with Crippen LogP contribution in [-0.4, -0.2) is 29.1 Å². The highest BCUT2D eigenvalue weighted by molar-refractivity contribution is 5.82. The van der Waals surface area contributed by atoms with E-state index in [9.17, 15) is 14.0 Å². The molecule has 1 N–H and O–H groups in total. The van der Waals surface area contributed by atoms with E-state index in [1.54, 1.807) is 18.2 Å². The average molecular weight is 439 g/mol. The molecule has 5 nitrogen and oxygen atoms in total. The van der Waals surface area contributed by atoms with Crippen LogP contribution >= 0.6 is 0 Å². The molecule has 8 heteroatoms. The van der Waals surface area contributed by atoms with Gasteiger partial charge in [0.25, 0.3) is 0 Å². The smallest absolute Gasteiger partial charge is 0.172 e. The number of hydrogen-bond acceptors (Lipinski definition) is 5. The predicted molar refractivity (Wildman–Crippen MR) is 118 cm³/mol. The molecule has 1 aromatic heterocycles. The van der Waals surface area contributed by atoms with Crippen LogP contribution in [-0.2, 0) is 0 Å². The van der Waals surface area contributed by atoms with E-state index in [1.807, 2.05) is 18.7 Å². The van der Waals surface area contributed by atoms with Crippen molar-refractivity contribution in [1.29, 1.82) is 5.26 Å². The molecule has 2 heterocycles. The minimum Gasteiger partial charge on any atom is -0.365 e. The molecular formula is C24H24F3N5. The van der Waals surface area contributed by atoms with Gasteiger partial charge in [-0.1, -0.05) is 6.07 Å². The molecule has 1 fully saturated rings. The summed E-state index contributed by atoms with van der Waals surface area (Å²) in [6, 6.07) is 10.4. The summed E-state index contributed by atoms with van der Waals surface area (Å²) < 4.78 is 42.2. The van der Waals surface area contributed by atoms with E-state index in [1.165, 1.54) is 6.07 Å². The first-order valence-corrected chi connectivity index (χ1v) is 10.7. The highest BCUT2D eigenvalue weighted by Gasteiger charge is 2.31. The number of hydrogen-bond donors (Lipinski definition) is 1. The van der Waals surface area contributed by atoms with Gasteiger partial charge in [0.1, 0.15) is 17.8 Å². The summed E-state index contributed by atoms with van der Waals surface area (Å²) in [5.41, 5.74) is 1.71. The van der Waals surface area contributed by atoms with Gasteiger partial charge in [-0.25, -0.2) is 23.1 Å². The molecule has 0 amide bonds. The first-order valence-electron chi connectivity index (χ1n) is 10.7. The van der Waals surface area contributed by atoms with Crippen molar-refractivity contribution in [2.24, 2.45) is 5.92 Å². The Balaban J connectivity index is 1.57. The van der Waals surface area contributed by atoms with Gasteiger partial charge in [0.15, 0.2) is 11.6 Å². The Hall–Kier alpha value is -3.34. The quantitative estimate of drug-likeness (QED) is 0.567. The van der Waals surface area contributed by atoms with Crippen LogP contribution in [0, 0.1) is 28.9 Å². The molecular weight excluding hydrogens is 415 g/mol. The molecule has 0 radical (unpaired) electrons. The van der Waals surface area contributed by atoms with E-state index in [0.29, 0.717) is 54.2 Å². The fourth-order valence-corrected chi connectivity index (χ4v) is 4.09. The van der Waals surface area contributed by atoms with Gasteiger partial charge in [0.2, 0.25) is 0 Å². The lowest BCUT2D eigenvalue weighted by Crippen LogP contribution is -2.36. The number of rotatable bonds is 5. The van der Waals surface area contributed by atoms with Gasteiger partial charge < -0.3 is 10.2 Å². The third kappa shape index (κ3) is 4.47. The predicted octanol–water partition coefficient (Wildman–Crippen LogP) is 5.53. The van der Waals surface area contributed by atoms with E-state index < -0.39 is 17.8 Å². The topological polar surface area (TPSA) is 64.8 Å². The summed E-state index contributed by atoms with van der Waals surface area (Å²) in [5.74, 6) is -0.642. The molecule has 3 aromatic rings. The maximum absolute atomic E-state index is 15.0. The zero-order chi connectivity index (χ0) is 22.8. The number of nitriles is 1. The second-order valence-corrected chi connectivity index (χ2v) is 8.40. The van der Waals surface area contributed by atoms with E-state index in [2.05, 4.69) is 11.4 Å². The van der Waals surface area contributed by atoms with Crippen molar-refractivity contribution in [3.8, 4) is 6.07 Å². The van der Waals surface area contributed by atoms with E-state index >= 15 is 4.39 Å². The lowest BCUT2D eigenvalue weighted by atomic mass is 9.88. The second kappa shape index (κ2) is 9.03. The van der Waals surface area contributed by atoms with Crippen molar-refractivity contribution in [2.75, 3.05) is 23.3 Å². The van der Waals surface area contributed by atoms with Gasteiger partial charge in [-0.05, 0) is 56.9 Å². The second-order valence-electron chi connectivity index (χ2n) is 8.40. The minimum absolute atomic E-state index is 0.0958. The molecule has 0 saturated carbocycles. The number of alkyl halides is 1.